The molecule has 2 atom stereocenters. The van der Waals surface area contributed by atoms with E-state index in [1.165, 1.54) is 77.0 Å². The van der Waals surface area contributed by atoms with Crippen LogP contribution in [0.2, 0.25) is 0 Å². The topological polar surface area (TPSA) is 80.7 Å². The number of phosphoric acid groups is 1. The van der Waals surface area contributed by atoms with Crippen molar-refractivity contribution in [1.82, 2.24) is 9.80 Å². The van der Waals surface area contributed by atoms with E-state index in [-0.39, 0.29) is 12.4 Å². The number of ether oxygens (including phenoxy) is 2. The molecule has 241 valence electrons. The average Bonchev–Trinajstić information content (AvgIpc) is 3.43. The van der Waals surface area contributed by atoms with Crippen LogP contribution in [-0.2, 0) is 25.1 Å². The Bertz CT molecular complexity index is 886. The predicted octanol–water partition coefficient (Wildman–Crippen LogP) is 8.81. The molecular formula is C33H58N2O6P. The molecule has 0 aromatic heterocycles. The summed E-state index contributed by atoms with van der Waals surface area (Å²) >= 11 is 0. The number of phosphoric ester groups is 1. The van der Waals surface area contributed by atoms with E-state index >= 15 is 0 Å². The number of rotatable bonds is 27. The summed E-state index contributed by atoms with van der Waals surface area (Å²) in [5, 5.41) is 0. The molecule has 9 heteroatoms. The summed E-state index contributed by atoms with van der Waals surface area (Å²) in [6, 6.07) is 7.16. The second kappa shape index (κ2) is 22.9. The Hall–Kier alpha value is -1.57. The van der Waals surface area contributed by atoms with Crippen LogP contribution in [0.1, 0.15) is 116 Å². The zero-order valence-electron chi connectivity index (χ0n) is 26.6. The SMILES string of the molecule is CCCCCCCCCCCCCCCCOCC(COP(=O)(O)Oc1cccc(CN2[CH]N(CC)C=C2)c1)OCC. The van der Waals surface area contributed by atoms with Crippen molar-refractivity contribution in [1.29, 1.82) is 0 Å². The quantitative estimate of drug-likeness (QED) is 0.0783. The monoisotopic (exact) mass is 609 g/mol. The fourth-order valence-electron chi connectivity index (χ4n) is 4.96. The van der Waals surface area contributed by atoms with Gasteiger partial charge in [0.25, 0.3) is 0 Å². The predicted molar refractivity (Wildman–Crippen MR) is 171 cm³/mol. The number of hydrogen-bond acceptors (Lipinski definition) is 7. The van der Waals surface area contributed by atoms with E-state index < -0.39 is 13.9 Å². The lowest BCUT2D eigenvalue weighted by Gasteiger charge is -2.20. The lowest BCUT2D eigenvalue weighted by atomic mass is 10.0. The molecule has 0 spiro atoms. The second-order valence-electron chi connectivity index (χ2n) is 11.2. The van der Waals surface area contributed by atoms with Crippen LogP contribution < -0.4 is 4.52 Å². The number of benzene rings is 1. The minimum atomic E-state index is -4.32. The molecule has 42 heavy (non-hydrogen) atoms. The van der Waals surface area contributed by atoms with Gasteiger partial charge in [0.1, 0.15) is 18.5 Å². The molecule has 1 heterocycles. The molecule has 1 radical (unpaired) electrons. The van der Waals surface area contributed by atoms with Crippen LogP contribution in [0.3, 0.4) is 0 Å². The van der Waals surface area contributed by atoms with E-state index in [9.17, 15) is 9.46 Å². The van der Waals surface area contributed by atoms with Crippen LogP contribution in [0.4, 0.5) is 0 Å². The summed E-state index contributed by atoms with van der Waals surface area (Å²) in [7, 11) is -4.32. The first-order valence-corrected chi connectivity index (χ1v) is 17.9. The van der Waals surface area contributed by atoms with Gasteiger partial charge in [-0.3, -0.25) is 9.42 Å². The molecule has 8 nitrogen and oxygen atoms in total. The van der Waals surface area contributed by atoms with Gasteiger partial charge in [-0.05, 0) is 38.0 Å². The molecular weight excluding hydrogens is 551 g/mol. The zero-order valence-corrected chi connectivity index (χ0v) is 27.5. The van der Waals surface area contributed by atoms with Gasteiger partial charge in [-0.15, -0.1) is 0 Å². The Morgan fingerprint density at radius 1 is 0.810 bits per heavy atom. The van der Waals surface area contributed by atoms with Gasteiger partial charge < -0.3 is 23.8 Å². The van der Waals surface area contributed by atoms with Crippen LogP contribution in [0.15, 0.2) is 36.7 Å². The van der Waals surface area contributed by atoms with Gasteiger partial charge in [0, 0.05) is 38.7 Å². The third-order valence-electron chi connectivity index (χ3n) is 7.37. The van der Waals surface area contributed by atoms with Crippen molar-refractivity contribution in [2.24, 2.45) is 0 Å². The maximum atomic E-state index is 12.6. The molecule has 0 bridgehead atoms. The molecule has 0 saturated heterocycles. The summed E-state index contributed by atoms with van der Waals surface area (Å²) in [4.78, 5) is 14.4. The summed E-state index contributed by atoms with van der Waals surface area (Å²) in [6.45, 7) is 11.1. The van der Waals surface area contributed by atoms with Gasteiger partial charge in [-0.25, -0.2) is 4.57 Å². The van der Waals surface area contributed by atoms with Gasteiger partial charge in [0.05, 0.1) is 13.2 Å². The van der Waals surface area contributed by atoms with Crippen molar-refractivity contribution >= 4 is 7.82 Å². The van der Waals surface area contributed by atoms with Gasteiger partial charge in [-0.2, -0.15) is 0 Å². The molecule has 2 unspecified atom stereocenters. The fraction of sp³-hybridized carbons (Fsp3) is 0.727. The first-order valence-electron chi connectivity index (χ1n) is 16.5. The Balaban J connectivity index is 1.54. The summed E-state index contributed by atoms with van der Waals surface area (Å²) in [5.74, 6) is 0.288. The van der Waals surface area contributed by atoms with Gasteiger partial charge in [0.15, 0.2) is 0 Å². The number of hydrogen-bond donors (Lipinski definition) is 1. The highest BCUT2D eigenvalue weighted by Crippen LogP contribution is 2.44. The van der Waals surface area contributed by atoms with Crippen molar-refractivity contribution in [3.05, 3.63) is 48.9 Å². The van der Waals surface area contributed by atoms with Gasteiger partial charge in [0.2, 0.25) is 0 Å². The highest BCUT2D eigenvalue weighted by molar-refractivity contribution is 7.47. The summed E-state index contributed by atoms with van der Waals surface area (Å²) in [6.07, 6.45) is 22.1. The molecule has 0 amide bonds. The van der Waals surface area contributed by atoms with Crippen LogP contribution in [-0.4, -0.2) is 53.8 Å². The van der Waals surface area contributed by atoms with Crippen LogP contribution in [0.5, 0.6) is 5.75 Å². The molecule has 0 aliphatic carbocycles. The number of nitrogens with zero attached hydrogens (tertiary/aromatic N) is 2. The lowest BCUT2D eigenvalue weighted by Crippen LogP contribution is -2.26. The molecule has 1 aromatic carbocycles. The Morgan fingerprint density at radius 3 is 2.02 bits per heavy atom. The fourth-order valence-corrected chi connectivity index (χ4v) is 5.75. The van der Waals surface area contributed by atoms with Crippen LogP contribution in [0.25, 0.3) is 0 Å². The van der Waals surface area contributed by atoms with Gasteiger partial charge in [-0.1, -0.05) is 103 Å². The molecule has 0 fully saturated rings. The van der Waals surface area contributed by atoms with E-state index in [0.717, 1.165) is 24.9 Å². The van der Waals surface area contributed by atoms with E-state index in [1.807, 2.05) is 37.0 Å². The minimum Gasteiger partial charge on any atom is -0.404 e. The maximum absolute atomic E-state index is 12.6. The van der Waals surface area contributed by atoms with Crippen LogP contribution >= 0.6 is 7.82 Å². The van der Waals surface area contributed by atoms with E-state index in [2.05, 4.69) is 18.7 Å². The maximum Gasteiger partial charge on any atom is 0.527 e. The van der Waals surface area contributed by atoms with E-state index in [1.54, 1.807) is 18.2 Å². The highest BCUT2D eigenvalue weighted by atomic mass is 31.2. The summed E-state index contributed by atoms with van der Waals surface area (Å²) in [5.41, 5.74) is 0.954. The third kappa shape index (κ3) is 17.5. The van der Waals surface area contributed by atoms with Crippen LogP contribution in [0, 0.1) is 6.67 Å². The molecule has 1 aliphatic rings. The largest absolute Gasteiger partial charge is 0.527 e. The van der Waals surface area contributed by atoms with Crippen molar-refractivity contribution in [2.75, 3.05) is 33.0 Å². The van der Waals surface area contributed by atoms with Crippen molar-refractivity contribution in [2.45, 2.75) is 123 Å². The smallest absolute Gasteiger partial charge is 0.404 e. The normalized spacial score (nSPS) is 15.3. The first kappa shape index (κ1) is 36.6. The van der Waals surface area contributed by atoms with E-state index in [0.29, 0.717) is 26.4 Å². The highest BCUT2D eigenvalue weighted by Gasteiger charge is 2.26. The minimum absolute atomic E-state index is 0.0829. The molecule has 1 aromatic rings. The average molecular weight is 610 g/mol. The van der Waals surface area contributed by atoms with E-state index in [4.69, 9.17) is 18.5 Å². The standard InChI is InChI=1S/C33H58N2O6P/c1-4-7-8-9-10-11-12-13-14-15-16-17-18-19-25-38-28-33(39-6-3)29-40-42(36,37)41-32-22-20-21-31(26-32)27-35-24-23-34(5-2)30-35/h20-24,26,30,33H,4-19,25,27-29H2,1-3H3,(H,36,37). The Kier molecular flexibility index (Phi) is 20.0. The zero-order chi connectivity index (χ0) is 30.3. The Morgan fingerprint density at radius 2 is 1.43 bits per heavy atom. The van der Waals surface area contributed by atoms with Crippen molar-refractivity contribution in [3.8, 4) is 5.75 Å². The van der Waals surface area contributed by atoms with Crippen molar-refractivity contribution < 1.29 is 28.0 Å². The third-order valence-corrected chi connectivity index (χ3v) is 8.28. The molecule has 1 aliphatic heterocycles. The first-order chi connectivity index (χ1) is 20.5. The Labute approximate surface area is 256 Å². The summed E-state index contributed by atoms with van der Waals surface area (Å²) < 4.78 is 34.7. The number of unbranched alkanes of at least 4 members (excludes halogenated alkanes) is 13. The van der Waals surface area contributed by atoms with Gasteiger partial charge >= 0.3 is 7.82 Å². The molecule has 1 N–H and O–H groups in total. The molecule has 0 saturated carbocycles. The lowest BCUT2D eigenvalue weighted by molar-refractivity contribution is -0.0373. The van der Waals surface area contributed by atoms with Crippen molar-refractivity contribution in [3.63, 3.8) is 0 Å². The second-order valence-corrected chi connectivity index (χ2v) is 12.5. The molecule has 2 rings (SSSR count).